The maximum Gasteiger partial charge on any atom is 0.123 e. The van der Waals surface area contributed by atoms with Gasteiger partial charge in [0.05, 0.1) is 6.10 Å². The van der Waals surface area contributed by atoms with Crippen molar-refractivity contribution in [2.24, 2.45) is 0 Å². The molecule has 0 aliphatic carbocycles. The van der Waals surface area contributed by atoms with E-state index in [-0.39, 0.29) is 5.54 Å². The summed E-state index contributed by atoms with van der Waals surface area (Å²) in [5, 5.41) is 12.6. The zero-order chi connectivity index (χ0) is 12.9. The molecule has 0 fully saturated rings. The maximum absolute atomic E-state index is 9.22. The van der Waals surface area contributed by atoms with Crippen molar-refractivity contribution in [3.8, 4) is 5.75 Å². The Balaban J connectivity index is 2.64. The molecule has 0 amide bonds. The number of para-hydroxylation sites is 1. The van der Waals surface area contributed by atoms with E-state index in [4.69, 9.17) is 4.74 Å². The molecule has 3 heteroatoms. The van der Waals surface area contributed by atoms with Crippen molar-refractivity contribution in [2.45, 2.75) is 45.9 Å². The molecule has 1 aromatic rings. The Morgan fingerprint density at radius 2 is 1.94 bits per heavy atom. The fraction of sp³-hybridized carbons (Fsp3) is 0.571. The van der Waals surface area contributed by atoms with Crippen LogP contribution in [0.3, 0.4) is 0 Å². The number of benzene rings is 1. The van der Waals surface area contributed by atoms with Crippen LogP contribution < -0.4 is 10.1 Å². The second kappa shape index (κ2) is 6.03. The highest BCUT2D eigenvalue weighted by Gasteiger charge is 2.10. The molecule has 0 aliphatic heterocycles. The zero-order valence-corrected chi connectivity index (χ0v) is 11.2. The van der Waals surface area contributed by atoms with Gasteiger partial charge in [0.25, 0.3) is 0 Å². The third kappa shape index (κ3) is 5.71. The minimum Gasteiger partial charge on any atom is -0.491 e. The number of aliphatic hydroxyl groups excluding tert-OH is 1. The van der Waals surface area contributed by atoms with E-state index in [1.807, 2.05) is 24.3 Å². The number of rotatable bonds is 5. The molecule has 1 aromatic carbocycles. The Bertz CT molecular complexity index is 342. The topological polar surface area (TPSA) is 41.5 Å². The summed E-state index contributed by atoms with van der Waals surface area (Å²) in [5.74, 6) is 0.838. The molecule has 17 heavy (non-hydrogen) atoms. The second-order valence-electron chi connectivity index (χ2n) is 5.37. The predicted octanol–water partition coefficient (Wildman–Crippen LogP) is 2.33. The zero-order valence-electron chi connectivity index (χ0n) is 11.2. The molecule has 3 nitrogen and oxygen atoms in total. The van der Waals surface area contributed by atoms with E-state index < -0.39 is 6.10 Å². The van der Waals surface area contributed by atoms with Crippen molar-refractivity contribution < 1.29 is 9.84 Å². The van der Waals surface area contributed by atoms with E-state index in [9.17, 15) is 5.11 Å². The number of aliphatic hydroxyl groups is 1. The standard InChI is InChI=1S/C14H23NO2/c1-11(16)10-17-13-8-6-5-7-12(13)9-15-14(2,3)4/h5-8,11,15-16H,9-10H2,1-4H3. The van der Waals surface area contributed by atoms with Crippen LogP contribution in [0.1, 0.15) is 33.3 Å². The first-order chi connectivity index (χ1) is 7.88. The summed E-state index contributed by atoms with van der Waals surface area (Å²) in [7, 11) is 0. The Morgan fingerprint density at radius 3 is 2.53 bits per heavy atom. The number of nitrogens with one attached hydrogen (secondary N) is 1. The highest BCUT2D eigenvalue weighted by molar-refractivity contribution is 5.33. The van der Waals surface area contributed by atoms with Gasteiger partial charge in [0, 0.05) is 17.6 Å². The molecule has 1 rings (SSSR count). The van der Waals surface area contributed by atoms with E-state index in [1.54, 1.807) is 6.92 Å². The first-order valence-corrected chi connectivity index (χ1v) is 6.02. The summed E-state index contributed by atoms with van der Waals surface area (Å²) in [6.45, 7) is 9.20. The Labute approximate surface area is 104 Å². The molecule has 2 N–H and O–H groups in total. The first kappa shape index (κ1) is 14.0. The third-order valence-electron chi connectivity index (χ3n) is 2.26. The van der Waals surface area contributed by atoms with E-state index in [1.165, 1.54) is 0 Å². The lowest BCUT2D eigenvalue weighted by Crippen LogP contribution is -2.35. The molecule has 1 unspecified atom stereocenters. The van der Waals surface area contributed by atoms with Crippen LogP contribution in [0.5, 0.6) is 5.75 Å². The molecule has 0 aliphatic rings. The van der Waals surface area contributed by atoms with Crippen LogP contribution in [0.25, 0.3) is 0 Å². The number of ether oxygens (including phenoxy) is 1. The molecule has 1 atom stereocenters. The molecular formula is C14H23NO2. The fourth-order valence-electron chi connectivity index (χ4n) is 1.36. The SMILES string of the molecule is CC(O)COc1ccccc1CNC(C)(C)C. The molecule has 96 valence electrons. The minimum atomic E-state index is -0.446. The minimum absolute atomic E-state index is 0.0807. The summed E-state index contributed by atoms with van der Waals surface area (Å²) in [6, 6.07) is 7.91. The lowest BCUT2D eigenvalue weighted by molar-refractivity contribution is 0.122. The average Bonchev–Trinajstić information content (AvgIpc) is 2.23. The Hall–Kier alpha value is -1.06. The molecule has 0 heterocycles. The van der Waals surface area contributed by atoms with E-state index >= 15 is 0 Å². The fourth-order valence-corrected chi connectivity index (χ4v) is 1.36. The molecule has 0 saturated heterocycles. The summed E-state index contributed by atoms with van der Waals surface area (Å²) in [5.41, 5.74) is 1.19. The molecule has 0 bridgehead atoms. The van der Waals surface area contributed by atoms with Gasteiger partial charge in [-0.15, -0.1) is 0 Å². The first-order valence-electron chi connectivity index (χ1n) is 6.02. The van der Waals surface area contributed by atoms with Crippen LogP contribution in [0, 0.1) is 0 Å². The van der Waals surface area contributed by atoms with Crippen molar-refractivity contribution in [1.29, 1.82) is 0 Å². The van der Waals surface area contributed by atoms with Gasteiger partial charge < -0.3 is 15.2 Å². The molecule has 0 aromatic heterocycles. The maximum atomic E-state index is 9.22. The van der Waals surface area contributed by atoms with Gasteiger partial charge in [0.2, 0.25) is 0 Å². The highest BCUT2D eigenvalue weighted by Crippen LogP contribution is 2.18. The summed E-state index contributed by atoms with van der Waals surface area (Å²) >= 11 is 0. The Morgan fingerprint density at radius 1 is 1.29 bits per heavy atom. The van der Waals surface area contributed by atoms with Gasteiger partial charge in [-0.25, -0.2) is 0 Å². The highest BCUT2D eigenvalue weighted by atomic mass is 16.5. The van der Waals surface area contributed by atoms with Crippen molar-refractivity contribution in [3.63, 3.8) is 0 Å². The van der Waals surface area contributed by atoms with Crippen LogP contribution in [-0.2, 0) is 6.54 Å². The molecule has 0 saturated carbocycles. The lowest BCUT2D eigenvalue weighted by Gasteiger charge is -2.21. The summed E-state index contributed by atoms with van der Waals surface area (Å²) in [6.07, 6.45) is -0.446. The average molecular weight is 237 g/mol. The van der Waals surface area contributed by atoms with Crippen molar-refractivity contribution in [3.05, 3.63) is 29.8 Å². The normalized spacial score (nSPS) is 13.5. The van der Waals surface area contributed by atoms with Gasteiger partial charge in [0.1, 0.15) is 12.4 Å². The van der Waals surface area contributed by atoms with E-state index in [2.05, 4.69) is 26.1 Å². The van der Waals surface area contributed by atoms with Gasteiger partial charge >= 0.3 is 0 Å². The second-order valence-corrected chi connectivity index (χ2v) is 5.37. The van der Waals surface area contributed by atoms with Crippen LogP contribution in [0.15, 0.2) is 24.3 Å². The van der Waals surface area contributed by atoms with Crippen LogP contribution in [-0.4, -0.2) is 23.4 Å². The van der Waals surface area contributed by atoms with Gasteiger partial charge in [-0.1, -0.05) is 18.2 Å². The quantitative estimate of drug-likeness (QED) is 0.826. The smallest absolute Gasteiger partial charge is 0.123 e. The summed E-state index contributed by atoms with van der Waals surface area (Å²) < 4.78 is 5.57. The Kier molecular flexibility index (Phi) is 4.97. The van der Waals surface area contributed by atoms with Crippen LogP contribution in [0.2, 0.25) is 0 Å². The predicted molar refractivity (Wildman–Crippen MR) is 70.2 cm³/mol. The molecule has 0 spiro atoms. The molecular weight excluding hydrogens is 214 g/mol. The molecule has 0 radical (unpaired) electrons. The van der Waals surface area contributed by atoms with Gasteiger partial charge in [-0.2, -0.15) is 0 Å². The van der Waals surface area contributed by atoms with Crippen LogP contribution >= 0.6 is 0 Å². The van der Waals surface area contributed by atoms with E-state index in [0.29, 0.717) is 6.61 Å². The monoisotopic (exact) mass is 237 g/mol. The number of hydrogen-bond acceptors (Lipinski definition) is 3. The van der Waals surface area contributed by atoms with Crippen LogP contribution in [0.4, 0.5) is 0 Å². The van der Waals surface area contributed by atoms with Gasteiger partial charge in [0.15, 0.2) is 0 Å². The van der Waals surface area contributed by atoms with Crippen molar-refractivity contribution >= 4 is 0 Å². The lowest BCUT2D eigenvalue weighted by atomic mass is 10.1. The van der Waals surface area contributed by atoms with Crippen molar-refractivity contribution in [2.75, 3.05) is 6.61 Å². The van der Waals surface area contributed by atoms with Gasteiger partial charge in [-0.3, -0.25) is 0 Å². The van der Waals surface area contributed by atoms with E-state index in [0.717, 1.165) is 17.9 Å². The van der Waals surface area contributed by atoms with Gasteiger partial charge in [-0.05, 0) is 33.8 Å². The summed E-state index contributed by atoms with van der Waals surface area (Å²) in [4.78, 5) is 0. The largest absolute Gasteiger partial charge is 0.491 e. The van der Waals surface area contributed by atoms with Crippen molar-refractivity contribution in [1.82, 2.24) is 5.32 Å². The number of hydrogen-bond donors (Lipinski definition) is 2. The third-order valence-corrected chi connectivity index (χ3v) is 2.26.